The van der Waals surface area contributed by atoms with E-state index in [1.165, 1.54) is 6.20 Å². The van der Waals surface area contributed by atoms with E-state index in [-0.39, 0.29) is 5.91 Å². The van der Waals surface area contributed by atoms with Gasteiger partial charge in [-0.05, 0) is 19.4 Å². The molecule has 1 amide bonds. The van der Waals surface area contributed by atoms with Gasteiger partial charge >= 0.3 is 0 Å². The van der Waals surface area contributed by atoms with E-state index in [9.17, 15) is 4.79 Å². The van der Waals surface area contributed by atoms with Gasteiger partial charge in [0.15, 0.2) is 0 Å². The van der Waals surface area contributed by atoms with Gasteiger partial charge in [0.2, 0.25) is 0 Å². The second-order valence-electron chi connectivity index (χ2n) is 4.20. The molecule has 0 spiro atoms. The average Bonchev–Trinajstić information content (AvgIpc) is 2.98. The van der Waals surface area contributed by atoms with Gasteiger partial charge in [0, 0.05) is 32.0 Å². The predicted octanol–water partition coefficient (Wildman–Crippen LogP) is 0.925. The molecule has 2 aromatic heterocycles. The molecule has 106 valence electrons. The first kappa shape index (κ1) is 14.0. The molecule has 2 rings (SSSR count). The normalized spacial score (nSPS) is 10.2. The Morgan fingerprint density at radius 1 is 1.35 bits per heavy atom. The van der Waals surface area contributed by atoms with Gasteiger partial charge in [-0.25, -0.2) is 9.97 Å². The van der Waals surface area contributed by atoms with Crippen molar-refractivity contribution in [2.24, 2.45) is 0 Å². The molecule has 0 saturated heterocycles. The van der Waals surface area contributed by atoms with Gasteiger partial charge in [-0.2, -0.15) is 5.10 Å². The Kier molecular flexibility index (Phi) is 5.05. The van der Waals surface area contributed by atoms with Crippen molar-refractivity contribution in [1.82, 2.24) is 25.1 Å². The highest BCUT2D eigenvalue weighted by Crippen LogP contribution is 2.00. The first-order valence-corrected chi connectivity index (χ1v) is 6.61. The molecule has 0 aliphatic carbocycles. The molecule has 0 bridgehead atoms. The van der Waals surface area contributed by atoms with Crippen molar-refractivity contribution in [2.45, 2.75) is 19.9 Å². The van der Waals surface area contributed by atoms with Crippen LogP contribution in [0.1, 0.15) is 23.8 Å². The smallest absolute Gasteiger partial charge is 0.271 e. The lowest BCUT2D eigenvalue weighted by atomic mass is 10.3. The molecule has 0 fully saturated rings. The van der Waals surface area contributed by atoms with Crippen LogP contribution in [0.4, 0.5) is 5.82 Å². The van der Waals surface area contributed by atoms with E-state index in [1.54, 1.807) is 12.4 Å². The summed E-state index contributed by atoms with van der Waals surface area (Å²) >= 11 is 0. The molecule has 2 aromatic rings. The van der Waals surface area contributed by atoms with Crippen molar-refractivity contribution in [3.63, 3.8) is 0 Å². The molecular weight excluding hydrogens is 256 g/mol. The SMILES string of the molecule is CCNc1cnc(C(=O)NCCCn2cccn2)cn1. The van der Waals surface area contributed by atoms with E-state index in [2.05, 4.69) is 25.7 Å². The van der Waals surface area contributed by atoms with Gasteiger partial charge < -0.3 is 10.6 Å². The fraction of sp³-hybridized carbons (Fsp3) is 0.385. The summed E-state index contributed by atoms with van der Waals surface area (Å²) in [6.07, 6.45) is 7.48. The lowest BCUT2D eigenvalue weighted by Gasteiger charge is -2.06. The first-order chi connectivity index (χ1) is 9.79. The first-order valence-electron chi connectivity index (χ1n) is 6.61. The third-order valence-corrected chi connectivity index (χ3v) is 2.65. The minimum atomic E-state index is -0.207. The molecule has 7 heteroatoms. The summed E-state index contributed by atoms with van der Waals surface area (Å²) in [5.74, 6) is 0.462. The van der Waals surface area contributed by atoms with E-state index < -0.39 is 0 Å². The molecule has 0 unspecified atom stereocenters. The number of amides is 1. The van der Waals surface area contributed by atoms with Gasteiger partial charge in [0.25, 0.3) is 5.91 Å². The van der Waals surface area contributed by atoms with E-state index in [0.29, 0.717) is 18.1 Å². The van der Waals surface area contributed by atoms with Crippen molar-refractivity contribution in [2.75, 3.05) is 18.4 Å². The van der Waals surface area contributed by atoms with Crippen LogP contribution in [-0.2, 0) is 6.54 Å². The third-order valence-electron chi connectivity index (χ3n) is 2.65. The number of aromatic nitrogens is 4. The van der Waals surface area contributed by atoms with Crippen LogP contribution in [0.5, 0.6) is 0 Å². The van der Waals surface area contributed by atoms with Crippen molar-refractivity contribution < 1.29 is 4.79 Å². The fourth-order valence-electron chi connectivity index (χ4n) is 1.68. The minimum Gasteiger partial charge on any atom is -0.369 e. The summed E-state index contributed by atoms with van der Waals surface area (Å²) in [4.78, 5) is 20.0. The molecule has 20 heavy (non-hydrogen) atoms. The maximum atomic E-state index is 11.8. The van der Waals surface area contributed by atoms with Crippen LogP contribution in [-0.4, -0.2) is 38.7 Å². The zero-order valence-corrected chi connectivity index (χ0v) is 11.4. The molecule has 0 saturated carbocycles. The largest absolute Gasteiger partial charge is 0.369 e. The number of aryl methyl sites for hydroxylation is 1. The van der Waals surface area contributed by atoms with Crippen LogP contribution in [0.3, 0.4) is 0 Å². The molecule has 0 aromatic carbocycles. The zero-order chi connectivity index (χ0) is 14.2. The quantitative estimate of drug-likeness (QED) is 0.734. The van der Waals surface area contributed by atoms with Crippen LogP contribution in [0.15, 0.2) is 30.9 Å². The second kappa shape index (κ2) is 7.22. The van der Waals surface area contributed by atoms with E-state index in [1.807, 2.05) is 23.9 Å². The molecule has 0 aliphatic heterocycles. The topological polar surface area (TPSA) is 84.7 Å². The number of anilines is 1. The van der Waals surface area contributed by atoms with Crippen LogP contribution in [0.2, 0.25) is 0 Å². The molecule has 0 atom stereocenters. The highest BCUT2D eigenvalue weighted by molar-refractivity contribution is 5.91. The molecule has 7 nitrogen and oxygen atoms in total. The molecule has 0 radical (unpaired) electrons. The fourth-order valence-corrected chi connectivity index (χ4v) is 1.68. The van der Waals surface area contributed by atoms with Gasteiger partial charge in [0.05, 0.1) is 12.4 Å². The zero-order valence-electron chi connectivity index (χ0n) is 11.4. The molecule has 2 heterocycles. The highest BCUT2D eigenvalue weighted by atomic mass is 16.1. The molecule has 2 N–H and O–H groups in total. The summed E-state index contributed by atoms with van der Waals surface area (Å²) in [6.45, 7) is 4.10. The van der Waals surface area contributed by atoms with Crippen molar-refractivity contribution in [1.29, 1.82) is 0 Å². The van der Waals surface area contributed by atoms with Crippen molar-refractivity contribution in [3.05, 3.63) is 36.5 Å². The summed E-state index contributed by atoms with van der Waals surface area (Å²) in [6, 6.07) is 1.88. The lowest BCUT2D eigenvalue weighted by Crippen LogP contribution is -2.26. The number of nitrogens with one attached hydrogen (secondary N) is 2. The Labute approximate surface area is 117 Å². The van der Waals surface area contributed by atoms with Gasteiger partial charge in [-0.3, -0.25) is 9.48 Å². The van der Waals surface area contributed by atoms with Crippen LogP contribution < -0.4 is 10.6 Å². The van der Waals surface area contributed by atoms with E-state index in [0.717, 1.165) is 19.5 Å². The van der Waals surface area contributed by atoms with Crippen molar-refractivity contribution >= 4 is 11.7 Å². The van der Waals surface area contributed by atoms with Crippen molar-refractivity contribution in [3.8, 4) is 0 Å². The van der Waals surface area contributed by atoms with Gasteiger partial charge in [0.1, 0.15) is 11.5 Å². The van der Waals surface area contributed by atoms with Crippen LogP contribution >= 0.6 is 0 Å². The Balaban J connectivity index is 1.73. The number of hydrogen-bond donors (Lipinski definition) is 2. The summed E-state index contributed by atoms with van der Waals surface area (Å²) in [5.41, 5.74) is 0.325. The second-order valence-corrected chi connectivity index (χ2v) is 4.20. The standard InChI is InChI=1S/C13H18N6O/c1-2-14-12-10-16-11(9-17-12)13(20)15-5-3-7-19-8-4-6-18-19/h4,6,8-10H,2-3,5,7H2,1H3,(H,14,17)(H,15,20). The summed E-state index contributed by atoms with van der Waals surface area (Å²) in [7, 11) is 0. The maximum absolute atomic E-state index is 11.8. The Morgan fingerprint density at radius 3 is 2.90 bits per heavy atom. The van der Waals surface area contributed by atoms with Crippen LogP contribution in [0, 0.1) is 0 Å². The third kappa shape index (κ3) is 4.04. The predicted molar refractivity (Wildman–Crippen MR) is 75.4 cm³/mol. The highest BCUT2D eigenvalue weighted by Gasteiger charge is 2.06. The summed E-state index contributed by atoms with van der Waals surface area (Å²) in [5, 5.41) is 9.93. The van der Waals surface area contributed by atoms with Crippen LogP contribution in [0.25, 0.3) is 0 Å². The Hall–Kier alpha value is -2.44. The number of rotatable bonds is 7. The summed E-state index contributed by atoms with van der Waals surface area (Å²) < 4.78 is 1.83. The minimum absolute atomic E-state index is 0.207. The van der Waals surface area contributed by atoms with Gasteiger partial charge in [-0.1, -0.05) is 0 Å². The van der Waals surface area contributed by atoms with E-state index >= 15 is 0 Å². The molecule has 0 aliphatic rings. The average molecular weight is 274 g/mol. The number of carbonyl (C=O) groups excluding carboxylic acids is 1. The number of hydrogen-bond acceptors (Lipinski definition) is 5. The van der Waals surface area contributed by atoms with Gasteiger partial charge in [-0.15, -0.1) is 0 Å². The lowest BCUT2D eigenvalue weighted by molar-refractivity contribution is 0.0947. The number of nitrogens with zero attached hydrogens (tertiary/aromatic N) is 4. The van der Waals surface area contributed by atoms with E-state index in [4.69, 9.17) is 0 Å². The Bertz CT molecular complexity index is 522. The number of carbonyl (C=O) groups is 1. The molecular formula is C13H18N6O. The maximum Gasteiger partial charge on any atom is 0.271 e. The Morgan fingerprint density at radius 2 is 2.25 bits per heavy atom. The monoisotopic (exact) mass is 274 g/mol.